The van der Waals surface area contributed by atoms with Crippen molar-refractivity contribution >= 4 is 40.3 Å². The summed E-state index contributed by atoms with van der Waals surface area (Å²) in [5.41, 5.74) is 4.01. The first-order valence-electron chi connectivity index (χ1n) is 21.3. The molecule has 15 heteroatoms. The van der Waals surface area contributed by atoms with Gasteiger partial charge in [0.1, 0.15) is 5.69 Å². The van der Waals surface area contributed by atoms with Gasteiger partial charge in [-0.3, -0.25) is 38.6 Å². The minimum absolute atomic E-state index is 0.0303. The summed E-state index contributed by atoms with van der Waals surface area (Å²) in [5, 5.41) is 14.9. The highest BCUT2D eigenvalue weighted by molar-refractivity contribution is 6.02. The van der Waals surface area contributed by atoms with Gasteiger partial charge in [-0.25, -0.2) is 14.4 Å². The maximum absolute atomic E-state index is 15.0. The molecule has 0 spiro atoms. The van der Waals surface area contributed by atoms with Gasteiger partial charge >= 0.3 is 0 Å². The predicted molar refractivity (Wildman–Crippen MR) is 226 cm³/mol. The molecule has 3 amide bonds. The van der Waals surface area contributed by atoms with Crippen LogP contribution in [0.2, 0.25) is 0 Å². The molecule has 60 heavy (non-hydrogen) atoms. The van der Waals surface area contributed by atoms with E-state index in [2.05, 4.69) is 53.9 Å². The molecular weight excluding hydrogens is 764 g/mol. The molecule has 5 aromatic rings. The summed E-state index contributed by atoms with van der Waals surface area (Å²) in [6, 6.07) is 19.2. The number of rotatable bonds is 9. The van der Waals surface area contributed by atoms with E-state index < -0.39 is 11.7 Å². The summed E-state index contributed by atoms with van der Waals surface area (Å²) in [6.07, 6.45) is 10.9. The average molecular weight is 815 g/mol. The summed E-state index contributed by atoms with van der Waals surface area (Å²) < 4.78 is 18.3. The number of carbonyl (C=O) groups is 3. The van der Waals surface area contributed by atoms with Crippen LogP contribution in [-0.2, 0) is 21.4 Å². The van der Waals surface area contributed by atoms with Crippen molar-refractivity contribution in [2.24, 2.45) is 13.0 Å². The number of pyridine rings is 1. The number of imide groups is 1. The number of aryl methyl sites for hydroxylation is 1. The van der Waals surface area contributed by atoms with Crippen molar-refractivity contribution in [3.8, 4) is 16.9 Å². The van der Waals surface area contributed by atoms with E-state index in [1.807, 2.05) is 11.7 Å². The summed E-state index contributed by atoms with van der Waals surface area (Å²) in [5.74, 6) is -0.989. The third-order valence-electron chi connectivity index (χ3n) is 13.1. The van der Waals surface area contributed by atoms with Crippen molar-refractivity contribution in [1.82, 2.24) is 39.8 Å². The quantitative estimate of drug-likeness (QED) is 0.172. The van der Waals surface area contributed by atoms with Crippen molar-refractivity contribution in [3.05, 3.63) is 94.9 Å². The normalized spacial score (nSPS) is 24.0. The number of halogens is 1. The molecule has 4 fully saturated rings. The molecule has 1 atom stereocenters. The van der Waals surface area contributed by atoms with Gasteiger partial charge in [0, 0.05) is 98.3 Å². The lowest BCUT2D eigenvalue weighted by Crippen LogP contribution is -2.52. The third kappa shape index (κ3) is 8.27. The van der Waals surface area contributed by atoms with Crippen molar-refractivity contribution in [3.63, 3.8) is 0 Å². The van der Waals surface area contributed by atoms with Crippen LogP contribution in [0, 0.1) is 11.7 Å². The molecule has 2 aromatic carbocycles. The van der Waals surface area contributed by atoms with Gasteiger partial charge in [-0.05, 0) is 94.2 Å². The highest BCUT2D eigenvalue weighted by atomic mass is 19.1. The lowest BCUT2D eigenvalue weighted by Gasteiger charge is -2.43. The Bertz CT molecular complexity index is 2460. The summed E-state index contributed by atoms with van der Waals surface area (Å²) in [6.45, 7) is 3.83. The number of fused-ring (bicyclic) bond motifs is 1. The molecular formula is C45H51FN10O4. The number of hydrogen-bond donors (Lipinski definition) is 3. The maximum atomic E-state index is 15.0. The number of nitrogens with zero attached hydrogens (tertiary/aromatic N) is 7. The fourth-order valence-electron chi connectivity index (χ4n) is 9.70. The largest absolute Gasteiger partial charge is 0.369 e. The SMILES string of the molecule is Cn1nc(C2CCC(=O)NC2=O)c2ccc(N3CCN(C4CCC(NC(=O)C5CCC(Nc6ncc(F)c(-c7cccc(-n8ccccc8=O)c7)n6)CC5)CC4)CC3)cc21. The number of piperidine rings is 1. The van der Waals surface area contributed by atoms with E-state index in [0.29, 0.717) is 36.1 Å². The molecule has 9 rings (SSSR count). The Morgan fingerprint density at radius 2 is 1.62 bits per heavy atom. The minimum atomic E-state index is -0.545. The van der Waals surface area contributed by atoms with Gasteiger partial charge in [0.05, 0.1) is 23.3 Å². The number of nitrogens with one attached hydrogen (secondary N) is 3. The molecule has 14 nitrogen and oxygen atoms in total. The maximum Gasteiger partial charge on any atom is 0.255 e. The van der Waals surface area contributed by atoms with Crippen LogP contribution >= 0.6 is 0 Å². The smallest absolute Gasteiger partial charge is 0.255 e. The van der Waals surface area contributed by atoms with E-state index in [-0.39, 0.29) is 47.0 Å². The van der Waals surface area contributed by atoms with Crippen LogP contribution in [-0.4, -0.2) is 91.2 Å². The Balaban J connectivity index is 0.720. The molecule has 0 bridgehead atoms. The fourth-order valence-corrected chi connectivity index (χ4v) is 9.70. The Morgan fingerprint density at radius 1 is 0.833 bits per heavy atom. The van der Waals surface area contributed by atoms with Crippen LogP contribution in [0.3, 0.4) is 0 Å². The number of hydrogen-bond acceptors (Lipinski definition) is 10. The van der Waals surface area contributed by atoms with E-state index in [1.54, 1.807) is 42.6 Å². The van der Waals surface area contributed by atoms with Gasteiger partial charge in [-0.2, -0.15) is 5.10 Å². The first kappa shape index (κ1) is 39.5. The van der Waals surface area contributed by atoms with E-state index in [4.69, 9.17) is 5.10 Å². The molecule has 2 saturated heterocycles. The van der Waals surface area contributed by atoms with E-state index in [1.165, 1.54) is 16.8 Å². The van der Waals surface area contributed by atoms with E-state index >= 15 is 0 Å². The summed E-state index contributed by atoms with van der Waals surface area (Å²) >= 11 is 0. The number of piperazine rings is 1. The Kier molecular flexibility index (Phi) is 11.2. The first-order chi connectivity index (χ1) is 29.2. The molecule has 312 valence electrons. The van der Waals surface area contributed by atoms with Crippen LogP contribution in [0.1, 0.15) is 75.8 Å². The minimum Gasteiger partial charge on any atom is -0.369 e. The molecule has 4 aliphatic rings. The van der Waals surface area contributed by atoms with Gasteiger partial charge in [0.2, 0.25) is 23.7 Å². The van der Waals surface area contributed by atoms with Gasteiger partial charge in [0.15, 0.2) is 5.82 Å². The van der Waals surface area contributed by atoms with E-state index in [9.17, 15) is 23.6 Å². The summed E-state index contributed by atoms with van der Waals surface area (Å²) in [4.78, 5) is 63.8. The van der Waals surface area contributed by atoms with Crippen molar-refractivity contribution in [1.29, 1.82) is 0 Å². The number of amides is 3. The van der Waals surface area contributed by atoms with E-state index in [0.717, 1.165) is 99.8 Å². The topological polar surface area (TPSA) is 159 Å². The highest BCUT2D eigenvalue weighted by Gasteiger charge is 2.34. The zero-order valence-electron chi connectivity index (χ0n) is 33.9. The molecule has 3 N–H and O–H groups in total. The zero-order chi connectivity index (χ0) is 41.3. The van der Waals surface area contributed by atoms with Crippen LogP contribution in [0.25, 0.3) is 27.8 Å². The zero-order valence-corrected chi connectivity index (χ0v) is 33.9. The standard InChI is InChI=1S/C45H51FN10O4/c1-53-38-26-33(16-17-35(38)42(52-53)36-18-19-39(57)50-44(36)60)55-23-21-54(22-24-55)32-14-12-30(13-15-32)48-43(59)28-8-10-31(11-9-28)49-45-47-27-37(46)41(51-45)29-5-4-6-34(25-29)56-20-3-2-7-40(56)58/h2-7,16-17,20,25-28,30-32,36H,8-15,18-19,21-24H2,1H3,(H,48,59)(H,47,49,51)(H,50,57,60). The van der Waals surface area contributed by atoms with Crippen LogP contribution in [0.4, 0.5) is 16.0 Å². The van der Waals surface area contributed by atoms with Crippen LogP contribution in [0.15, 0.2) is 77.9 Å². The third-order valence-corrected chi connectivity index (χ3v) is 13.1. The lowest BCUT2D eigenvalue weighted by atomic mass is 9.84. The highest BCUT2D eigenvalue weighted by Crippen LogP contribution is 2.34. The lowest BCUT2D eigenvalue weighted by molar-refractivity contribution is -0.134. The summed E-state index contributed by atoms with van der Waals surface area (Å²) in [7, 11) is 1.91. The monoisotopic (exact) mass is 814 g/mol. The number of carbonyl (C=O) groups excluding carboxylic acids is 3. The molecule has 0 radical (unpaired) electrons. The van der Waals surface area contributed by atoms with Crippen LogP contribution < -0.4 is 26.4 Å². The fraction of sp³-hybridized carbons (Fsp3) is 0.444. The van der Waals surface area contributed by atoms with Gasteiger partial charge in [0.25, 0.3) is 5.56 Å². The Labute approximate surface area is 347 Å². The molecule has 2 aliphatic heterocycles. The molecule has 2 aliphatic carbocycles. The second-order valence-corrected chi connectivity index (χ2v) is 16.8. The van der Waals surface area contributed by atoms with Crippen molar-refractivity contribution in [2.45, 2.75) is 88.3 Å². The Hall–Kier alpha value is -5.96. The average Bonchev–Trinajstić information content (AvgIpc) is 3.59. The van der Waals surface area contributed by atoms with Crippen molar-refractivity contribution in [2.75, 3.05) is 36.4 Å². The molecule has 2 saturated carbocycles. The first-order valence-corrected chi connectivity index (χ1v) is 21.3. The number of aromatic nitrogens is 5. The van der Waals surface area contributed by atoms with Gasteiger partial charge in [-0.1, -0.05) is 18.2 Å². The van der Waals surface area contributed by atoms with Crippen molar-refractivity contribution < 1.29 is 18.8 Å². The number of anilines is 2. The van der Waals surface area contributed by atoms with Gasteiger partial charge < -0.3 is 15.5 Å². The van der Waals surface area contributed by atoms with Gasteiger partial charge in [-0.15, -0.1) is 0 Å². The second kappa shape index (κ2) is 17.0. The van der Waals surface area contributed by atoms with Crippen LogP contribution in [0.5, 0.6) is 0 Å². The second-order valence-electron chi connectivity index (χ2n) is 16.8. The Morgan fingerprint density at radius 3 is 2.38 bits per heavy atom. The number of benzene rings is 2. The molecule has 5 heterocycles. The molecule has 1 unspecified atom stereocenters. The molecule has 3 aromatic heterocycles. The predicted octanol–water partition coefficient (Wildman–Crippen LogP) is 5.06.